The molecule has 0 saturated heterocycles. The maximum atomic E-state index is 13.2. The summed E-state index contributed by atoms with van der Waals surface area (Å²) in [5.41, 5.74) is 1.26. The second kappa shape index (κ2) is 6.58. The number of hydrogen-bond acceptors (Lipinski definition) is 2. The molecule has 0 heterocycles. The van der Waals surface area contributed by atoms with Crippen molar-refractivity contribution in [2.24, 2.45) is 0 Å². The molecule has 0 aliphatic rings. The maximum Gasteiger partial charge on any atom is 0.261 e. The second-order valence-corrected chi connectivity index (χ2v) is 7.16. The van der Waals surface area contributed by atoms with E-state index in [9.17, 15) is 12.8 Å². The Morgan fingerprint density at radius 3 is 2.43 bits per heavy atom. The van der Waals surface area contributed by atoms with Gasteiger partial charge in [-0.3, -0.25) is 4.72 Å². The van der Waals surface area contributed by atoms with Crippen LogP contribution in [0.15, 0.2) is 51.8 Å². The van der Waals surface area contributed by atoms with E-state index >= 15 is 0 Å². The SMILES string of the molecule is CCCc1ccc(S(=O)(=O)Nc2cc(F)ccc2Br)cc1. The minimum absolute atomic E-state index is 0.151. The van der Waals surface area contributed by atoms with Crippen LogP contribution in [-0.2, 0) is 16.4 Å². The normalized spacial score (nSPS) is 11.4. The van der Waals surface area contributed by atoms with Crippen LogP contribution in [0, 0.1) is 5.82 Å². The number of anilines is 1. The average Bonchev–Trinajstić information content (AvgIpc) is 2.44. The highest BCUT2D eigenvalue weighted by molar-refractivity contribution is 9.10. The van der Waals surface area contributed by atoms with Gasteiger partial charge >= 0.3 is 0 Å². The molecule has 0 aliphatic carbocycles. The maximum absolute atomic E-state index is 13.2. The fraction of sp³-hybridized carbons (Fsp3) is 0.200. The van der Waals surface area contributed by atoms with Gasteiger partial charge in [-0.25, -0.2) is 12.8 Å². The fourth-order valence-electron chi connectivity index (χ4n) is 1.90. The Bertz CT molecular complexity index is 730. The van der Waals surface area contributed by atoms with Crippen LogP contribution in [0.4, 0.5) is 10.1 Å². The molecule has 0 amide bonds. The standard InChI is InChI=1S/C15H15BrFNO2S/c1-2-3-11-4-7-13(8-5-11)21(19,20)18-15-10-12(17)6-9-14(15)16/h4-10,18H,2-3H2,1H3. The topological polar surface area (TPSA) is 46.2 Å². The monoisotopic (exact) mass is 371 g/mol. The Kier molecular flexibility index (Phi) is 5.00. The molecule has 2 aromatic rings. The molecule has 6 heteroatoms. The molecule has 0 fully saturated rings. The van der Waals surface area contributed by atoms with Gasteiger partial charge in [0.25, 0.3) is 10.0 Å². The van der Waals surface area contributed by atoms with Crippen LogP contribution in [0.3, 0.4) is 0 Å². The lowest BCUT2D eigenvalue weighted by molar-refractivity contribution is 0.601. The molecule has 0 spiro atoms. The number of benzene rings is 2. The molecule has 21 heavy (non-hydrogen) atoms. The van der Waals surface area contributed by atoms with Crippen molar-refractivity contribution in [3.05, 3.63) is 58.3 Å². The van der Waals surface area contributed by atoms with Crippen LogP contribution >= 0.6 is 15.9 Å². The molecular weight excluding hydrogens is 357 g/mol. The van der Waals surface area contributed by atoms with E-state index in [1.165, 1.54) is 12.1 Å². The van der Waals surface area contributed by atoms with Crippen molar-refractivity contribution >= 4 is 31.6 Å². The van der Waals surface area contributed by atoms with Crippen LogP contribution in [0.25, 0.3) is 0 Å². The number of halogens is 2. The number of aryl methyl sites for hydroxylation is 1. The molecule has 0 bridgehead atoms. The summed E-state index contributed by atoms with van der Waals surface area (Å²) in [5, 5.41) is 0. The largest absolute Gasteiger partial charge is 0.278 e. The predicted molar refractivity (Wildman–Crippen MR) is 85.3 cm³/mol. The van der Waals surface area contributed by atoms with Gasteiger partial charge in [0.2, 0.25) is 0 Å². The average molecular weight is 372 g/mol. The molecule has 0 saturated carbocycles. The summed E-state index contributed by atoms with van der Waals surface area (Å²) in [5.74, 6) is -0.505. The van der Waals surface area contributed by atoms with Crippen molar-refractivity contribution in [1.82, 2.24) is 0 Å². The van der Waals surface area contributed by atoms with Gasteiger partial charge in [0.05, 0.1) is 10.6 Å². The fourth-order valence-corrected chi connectivity index (χ4v) is 3.45. The predicted octanol–water partition coefficient (Wildman–Crippen LogP) is 4.34. The third-order valence-corrected chi connectivity index (χ3v) is 5.02. The van der Waals surface area contributed by atoms with Gasteiger partial charge in [0, 0.05) is 4.47 Å². The summed E-state index contributed by atoms with van der Waals surface area (Å²) in [4.78, 5) is 0.151. The molecular formula is C15H15BrFNO2S. The zero-order chi connectivity index (χ0) is 15.5. The van der Waals surface area contributed by atoms with Gasteiger partial charge in [-0.1, -0.05) is 25.5 Å². The van der Waals surface area contributed by atoms with E-state index in [0.29, 0.717) is 4.47 Å². The van der Waals surface area contributed by atoms with Crippen LogP contribution in [0.1, 0.15) is 18.9 Å². The van der Waals surface area contributed by atoms with E-state index in [4.69, 9.17) is 0 Å². The van der Waals surface area contributed by atoms with Gasteiger partial charge in [0.15, 0.2) is 0 Å². The third-order valence-electron chi connectivity index (χ3n) is 2.95. The van der Waals surface area contributed by atoms with Gasteiger partial charge in [0.1, 0.15) is 5.82 Å². The van der Waals surface area contributed by atoms with Crippen LogP contribution in [0.5, 0.6) is 0 Å². The zero-order valence-corrected chi connectivity index (χ0v) is 13.8. The first-order chi connectivity index (χ1) is 9.92. The van der Waals surface area contributed by atoms with Crippen molar-refractivity contribution in [2.45, 2.75) is 24.7 Å². The van der Waals surface area contributed by atoms with Gasteiger partial charge < -0.3 is 0 Å². The first-order valence-corrected chi connectivity index (χ1v) is 8.77. The van der Waals surface area contributed by atoms with Crippen LogP contribution < -0.4 is 4.72 Å². The van der Waals surface area contributed by atoms with Gasteiger partial charge in [-0.2, -0.15) is 0 Å². The first-order valence-electron chi connectivity index (χ1n) is 6.49. The highest BCUT2D eigenvalue weighted by Crippen LogP contribution is 2.26. The number of rotatable bonds is 5. The molecule has 2 rings (SSSR count). The minimum Gasteiger partial charge on any atom is -0.278 e. The Morgan fingerprint density at radius 1 is 1.14 bits per heavy atom. The van der Waals surface area contributed by atoms with E-state index in [2.05, 4.69) is 27.6 Å². The molecule has 1 N–H and O–H groups in total. The van der Waals surface area contributed by atoms with Gasteiger partial charge in [-0.15, -0.1) is 0 Å². The lowest BCUT2D eigenvalue weighted by Crippen LogP contribution is -2.13. The number of hydrogen-bond donors (Lipinski definition) is 1. The molecule has 3 nitrogen and oxygen atoms in total. The van der Waals surface area contributed by atoms with E-state index in [-0.39, 0.29) is 10.6 Å². The highest BCUT2D eigenvalue weighted by atomic mass is 79.9. The molecule has 0 aliphatic heterocycles. The van der Waals surface area contributed by atoms with Crippen LogP contribution in [0.2, 0.25) is 0 Å². The first kappa shape index (κ1) is 16.0. The molecule has 0 radical (unpaired) electrons. The van der Waals surface area contributed by atoms with Crippen molar-refractivity contribution < 1.29 is 12.8 Å². The van der Waals surface area contributed by atoms with E-state index in [1.54, 1.807) is 24.3 Å². The summed E-state index contributed by atoms with van der Waals surface area (Å²) in [6, 6.07) is 10.5. The summed E-state index contributed by atoms with van der Waals surface area (Å²) in [7, 11) is -3.73. The summed E-state index contributed by atoms with van der Waals surface area (Å²) in [6.07, 6.45) is 1.91. The second-order valence-electron chi connectivity index (χ2n) is 4.62. The lowest BCUT2D eigenvalue weighted by Gasteiger charge is -2.10. The van der Waals surface area contributed by atoms with Crippen molar-refractivity contribution in [3.63, 3.8) is 0 Å². The van der Waals surface area contributed by atoms with E-state index < -0.39 is 15.8 Å². The smallest absolute Gasteiger partial charge is 0.261 e. The Hall–Kier alpha value is -1.40. The molecule has 2 aromatic carbocycles. The van der Waals surface area contributed by atoms with Crippen molar-refractivity contribution in [3.8, 4) is 0 Å². The van der Waals surface area contributed by atoms with Crippen molar-refractivity contribution in [2.75, 3.05) is 4.72 Å². The number of nitrogens with one attached hydrogen (secondary N) is 1. The van der Waals surface area contributed by atoms with Crippen molar-refractivity contribution in [1.29, 1.82) is 0 Å². The third kappa shape index (κ3) is 4.04. The van der Waals surface area contributed by atoms with E-state index in [1.807, 2.05) is 0 Å². The lowest BCUT2D eigenvalue weighted by atomic mass is 10.1. The van der Waals surface area contributed by atoms with Gasteiger partial charge in [-0.05, 0) is 58.2 Å². The Morgan fingerprint density at radius 2 is 1.81 bits per heavy atom. The summed E-state index contributed by atoms with van der Waals surface area (Å²) >= 11 is 3.19. The Labute approximate surface area is 132 Å². The minimum atomic E-state index is -3.73. The molecule has 112 valence electrons. The zero-order valence-electron chi connectivity index (χ0n) is 11.4. The number of sulfonamides is 1. The van der Waals surface area contributed by atoms with E-state index in [0.717, 1.165) is 24.5 Å². The quantitative estimate of drug-likeness (QED) is 0.849. The Balaban J connectivity index is 2.27. The molecule has 0 unspecified atom stereocenters. The highest BCUT2D eigenvalue weighted by Gasteiger charge is 2.16. The molecule has 0 atom stereocenters. The molecule has 0 aromatic heterocycles. The van der Waals surface area contributed by atoms with Crippen LogP contribution in [-0.4, -0.2) is 8.42 Å². The summed E-state index contributed by atoms with van der Waals surface area (Å²) in [6.45, 7) is 2.06. The summed E-state index contributed by atoms with van der Waals surface area (Å²) < 4.78 is 40.6.